The Morgan fingerprint density at radius 2 is 1.44 bits per heavy atom. The summed E-state index contributed by atoms with van der Waals surface area (Å²) in [6.45, 7) is 0.0942. The molecule has 230 valence electrons. The van der Waals surface area contributed by atoms with Gasteiger partial charge in [0.2, 0.25) is 11.8 Å². The van der Waals surface area contributed by atoms with Crippen molar-refractivity contribution in [2.45, 2.75) is 22.9 Å². The lowest BCUT2D eigenvalue weighted by molar-refractivity contribution is -0.138. The van der Waals surface area contributed by atoms with Crippen LogP contribution >= 0.6 is 11.8 Å². The van der Waals surface area contributed by atoms with Crippen molar-refractivity contribution in [1.29, 1.82) is 0 Å². The number of nitrogens with zero attached hydrogens (tertiary/aromatic N) is 2. The van der Waals surface area contributed by atoms with Gasteiger partial charge >= 0.3 is 11.9 Å². The number of benzene rings is 3. The molecule has 0 radical (unpaired) electrons. The lowest BCUT2D eigenvalue weighted by Gasteiger charge is -2.11. The first-order valence-corrected chi connectivity index (χ1v) is 14.6. The van der Waals surface area contributed by atoms with Gasteiger partial charge in [0.15, 0.2) is 5.16 Å². The van der Waals surface area contributed by atoms with E-state index in [9.17, 15) is 19.2 Å². The molecule has 0 atom stereocenters. The first-order valence-electron chi connectivity index (χ1n) is 13.8. The van der Waals surface area contributed by atoms with E-state index < -0.39 is 23.8 Å². The second kappa shape index (κ2) is 16.4. The van der Waals surface area contributed by atoms with E-state index in [-0.39, 0.29) is 47.6 Å². The molecular weight excluding hydrogens is 596 g/mol. The molecular formula is C33H30N4O7S. The Labute approximate surface area is 264 Å². The molecule has 4 rings (SSSR count). The quantitative estimate of drug-likeness (QED) is 0.0704. The van der Waals surface area contributed by atoms with Crippen molar-refractivity contribution in [2.75, 3.05) is 20.8 Å². The third-order valence-electron chi connectivity index (χ3n) is 6.07. The van der Waals surface area contributed by atoms with Crippen molar-refractivity contribution in [3.05, 3.63) is 113 Å². The van der Waals surface area contributed by atoms with Crippen LogP contribution in [0.1, 0.15) is 39.1 Å². The minimum Gasteiger partial charge on any atom is -0.481 e. The molecule has 4 aromatic rings. The molecule has 11 nitrogen and oxygen atoms in total. The van der Waals surface area contributed by atoms with Crippen molar-refractivity contribution in [2.24, 2.45) is 0 Å². The molecule has 45 heavy (non-hydrogen) atoms. The number of nitrogens with one attached hydrogen (secondary N) is 2. The maximum Gasteiger partial charge on any atom is 0.346 e. The second-order valence-corrected chi connectivity index (χ2v) is 10.3. The highest BCUT2D eigenvalue weighted by atomic mass is 32.2. The number of amides is 2. The molecule has 2 amide bonds. The van der Waals surface area contributed by atoms with Crippen molar-refractivity contribution >= 4 is 41.6 Å². The van der Waals surface area contributed by atoms with Crippen LogP contribution in [0.2, 0.25) is 0 Å². The first kappa shape index (κ1) is 32.4. The second-order valence-electron chi connectivity index (χ2n) is 9.24. The fourth-order valence-electron chi connectivity index (χ4n) is 3.86. The van der Waals surface area contributed by atoms with Gasteiger partial charge < -0.3 is 24.8 Å². The van der Waals surface area contributed by atoms with Crippen LogP contribution in [0.5, 0.6) is 11.8 Å². The van der Waals surface area contributed by atoms with E-state index in [4.69, 9.17) is 14.2 Å². The molecule has 0 fully saturated rings. The van der Waals surface area contributed by atoms with Gasteiger partial charge in [0.1, 0.15) is 5.70 Å². The molecule has 12 heteroatoms. The van der Waals surface area contributed by atoms with Crippen LogP contribution in [-0.2, 0) is 14.3 Å². The fourth-order valence-corrected chi connectivity index (χ4v) is 4.73. The van der Waals surface area contributed by atoms with Crippen LogP contribution in [-0.4, -0.2) is 54.5 Å². The molecule has 0 saturated heterocycles. The van der Waals surface area contributed by atoms with Crippen LogP contribution in [0, 0.1) is 0 Å². The number of rotatable bonds is 13. The number of carbonyl (C=O) groups excluding carboxylic acids is 4. The molecule has 1 aromatic heterocycles. The minimum absolute atomic E-state index is 0.0412. The van der Waals surface area contributed by atoms with Crippen LogP contribution < -0.4 is 20.1 Å². The van der Waals surface area contributed by atoms with Gasteiger partial charge in [-0.1, -0.05) is 60.7 Å². The number of hydrogen-bond donors (Lipinski definition) is 2. The molecule has 0 aliphatic heterocycles. The molecule has 0 aliphatic carbocycles. The highest BCUT2D eigenvalue weighted by Gasteiger charge is 2.19. The molecule has 0 saturated carbocycles. The predicted octanol–water partition coefficient (Wildman–Crippen LogP) is 4.70. The maximum absolute atomic E-state index is 13.0. The Morgan fingerprint density at radius 3 is 2.11 bits per heavy atom. The van der Waals surface area contributed by atoms with Gasteiger partial charge in [0, 0.05) is 23.4 Å². The predicted molar refractivity (Wildman–Crippen MR) is 167 cm³/mol. The summed E-state index contributed by atoms with van der Waals surface area (Å²) < 4.78 is 15.4. The zero-order chi connectivity index (χ0) is 32.0. The molecule has 0 unspecified atom stereocenters. The van der Waals surface area contributed by atoms with Crippen molar-refractivity contribution < 1.29 is 33.4 Å². The number of methoxy groups -OCH3 is 2. The lowest BCUT2D eigenvalue weighted by Crippen LogP contribution is -2.35. The zero-order valence-corrected chi connectivity index (χ0v) is 25.3. The number of ether oxygens (including phenoxy) is 3. The molecule has 0 spiro atoms. The minimum atomic E-state index is -0.835. The smallest absolute Gasteiger partial charge is 0.346 e. The molecule has 3 aromatic carbocycles. The van der Waals surface area contributed by atoms with Gasteiger partial charge in [-0.15, -0.1) is 0 Å². The monoisotopic (exact) mass is 626 g/mol. The summed E-state index contributed by atoms with van der Waals surface area (Å²) in [7, 11) is 2.92. The summed E-state index contributed by atoms with van der Waals surface area (Å²) in [5.41, 5.74) is 1.31. The number of aromatic nitrogens is 2. The van der Waals surface area contributed by atoms with E-state index >= 15 is 0 Å². The SMILES string of the molecule is COc1cc(OC)nc(Sc2ccccc2C(=O)OC(=O)CCCNC(=O)C(=Cc2ccccc2)NC(=O)c2ccccc2)n1. The Morgan fingerprint density at radius 1 is 0.822 bits per heavy atom. The highest BCUT2D eigenvalue weighted by Crippen LogP contribution is 2.31. The van der Waals surface area contributed by atoms with Crippen LogP contribution in [0.25, 0.3) is 6.08 Å². The number of hydrogen-bond acceptors (Lipinski definition) is 10. The van der Waals surface area contributed by atoms with Gasteiger partial charge in [0.05, 0.1) is 25.8 Å². The largest absolute Gasteiger partial charge is 0.481 e. The van der Waals surface area contributed by atoms with E-state index in [1.807, 2.05) is 18.2 Å². The van der Waals surface area contributed by atoms with E-state index in [0.29, 0.717) is 16.0 Å². The molecule has 0 bridgehead atoms. The lowest BCUT2D eigenvalue weighted by atomic mass is 10.1. The van der Waals surface area contributed by atoms with E-state index in [2.05, 4.69) is 20.6 Å². The average Bonchev–Trinajstić information content (AvgIpc) is 3.07. The van der Waals surface area contributed by atoms with E-state index in [1.165, 1.54) is 26.4 Å². The van der Waals surface area contributed by atoms with Crippen LogP contribution in [0.3, 0.4) is 0 Å². The Balaban J connectivity index is 1.32. The first-order chi connectivity index (χ1) is 21.9. The summed E-state index contributed by atoms with van der Waals surface area (Å²) in [6, 6.07) is 25.7. The summed E-state index contributed by atoms with van der Waals surface area (Å²) in [6.07, 6.45) is 1.62. The van der Waals surface area contributed by atoms with Gasteiger partial charge in [0.25, 0.3) is 11.8 Å². The highest BCUT2D eigenvalue weighted by molar-refractivity contribution is 7.99. The summed E-state index contributed by atoms with van der Waals surface area (Å²) >= 11 is 1.08. The molecule has 1 heterocycles. The number of carbonyl (C=O) groups is 4. The van der Waals surface area contributed by atoms with Gasteiger partial charge in [-0.25, -0.2) is 4.79 Å². The molecule has 0 aliphatic rings. The third-order valence-corrected chi connectivity index (χ3v) is 7.02. The number of esters is 2. The average molecular weight is 627 g/mol. The van der Waals surface area contributed by atoms with Crippen LogP contribution in [0.15, 0.2) is 107 Å². The van der Waals surface area contributed by atoms with Gasteiger partial charge in [-0.05, 0) is 54.1 Å². The van der Waals surface area contributed by atoms with Crippen molar-refractivity contribution in [3.63, 3.8) is 0 Å². The maximum atomic E-state index is 13.0. The Kier molecular flexibility index (Phi) is 11.8. The van der Waals surface area contributed by atoms with Crippen molar-refractivity contribution in [3.8, 4) is 11.8 Å². The Bertz CT molecular complexity index is 1660. The fraction of sp³-hybridized carbons (Fsp3) is 0.152. The normalized spacial score (nSPS) is 10.8. The topological polar surface area (TPSA) is 146 Å². The standard InChI is InChI=1S/C33H30N4O7S/c1-42-27-21-28(43-2)37-33(36-27)45-26-17-10-9-16-24(26)32(41)44-29(38)18-11-19-34-31(40)25(20-22-12-5-3-6-13-22)35-30(39)23-14-7-4-8-15-23/h3-10,12-17,20-21H,11,18-19H2,1-2H3,(H,34,40)(H,35,39). The van der Waals surface area contributed by atoms with Gasteiger partial charge in [-0.3, -0.25) is 14.4 Å². The zero-order valence-electron chi connectivity index (χ0n) is 24.5. The van der Waals surface area contributed by atoms with Crippen molar-refractivity contribution in [1.82, 2.24) is 20.6 Å². The summed E-state index contributed by atoms with van der Waals surface area (Å²) in [4.78, 5) is 60.1. The summed E-state index contributed by atoms with van der Waals surface area (Å²) in [5.74, 6) is -1.99. The third kappa shape index (κ3) is 9.76. The van der Waals surface area contributed by atoms with E-state index in [0.717, 1.165) is 11.8 Å². The Hall–Kier alpha value is -5.49. The van der Waals surface area contributed by atoms with Crippen LogP contribution in [0.4, 0.5) is 0 Å². The van der Waals surface area contributed by atoms with E-state index in [1.54, 1.807) is 66.7 Å². The summed E-state index contributed by atoms with van der Waals surface area (Å²) in [5, 5.41) is 5.64. The molecule has 2 N–H and O–H groups in total. The van der Waals surface area contributed by atoms with Gasteiger partial charge in [-0.2, -0.15) is 9.97 Å².